The number of carboxylic acid groups (broad SMARTS) is 1. The van der Waals surface area contributed by atoms with Crippen molar-refractivity contribution in [2.75, 3.05) is 0 Å². The second kappa shape index (κ2) is 4.19. The molecule has 16 heavy (non-hydrogen) atoms. The number of benzene rings is 1. The number of fused-ring (bicyclic) bond motifs is 1. The number of aliphatic carboxylic acids is 1. The van der Waals surface area contributed by atoms with Crippen molar-refractivity contribution < 1.29 is 15.0 Å². The average Bonchev–Trinajstić information content (AvgIpc) is 2.28. The van der Waals surface area contributed by atoms with Gasteiger partial charge < -0.3 is 10.2 Å². The van der Waals surface area contributed by atoms with E-state index in [1.807, 2.05) is 0 Å². The molecule has 0 fully saturated rings. The van der Waals surface area contributed by atoms with Crippen molar-refractivity contribution in [2.24, 2.45) is 0 Å². The molecule has 0 radical (unpaired) electrons. The molecule has 1 heterocycles. The van der Waals surface area contributed by atoms with Gasteiger partial charge in [-0.3, -0.25) is 4.98 Å². The number of halogens is 1. The molecule has 1 unspecified atom stereocenters. The van der Waals surface area contributed by atoms with Gasteiger partial charge in [0.15, 0.2) is 6.10 Å². The molecule has 0 aliphatic heterocycles. The van der Waals surface area contributed by atoms with Gasteiger partial charge in [0.05, 0.1) is 5.52 Å². The largest absolute Gasteiger partial charge is 0.479 e. The van der Waals surface area contributed by atoms with Crippen LogP contribution in [0.15, 0.2) is 34.9 Å². The fourth-order valence-corrected chi connectivity index (χ4v) is 2.11. The zero-order chi connectivity index (χ0) is 11.7. The Kier molecular flexibility index (Phi) is 2.89. The van der Waals surface area contributed by atoms with Gasteiger partial charge >= 0.3 is 5.97 Å². The molecule has 0 aliphatic rings. The number of carboxylic acids is 1. The molecule has 2 rings (SSSR count). The predicted molar refractivity (Wildman–Crippen MR) is 62.0 cm³/mol. The van der Waals surface area contributed by atoms with E-state index in [0.29, 0.717) is 20.9 Å². The van der Waals surface area contributed by atoms with Crippen LogP contribution in [0.3, 0.4) is 0 Å². The van der Waals surface area contributed by atoms with Crippen LogP contribution >= 0.6 is 15.9 Å². The lowest BCUT2D eigenvalue weighted by molar-refractivity contribution is -0.146. The van der Waals surface area contributed by atoms with E-state index in [-0.39, 0.29) is 0 Å². The van der Waals surface area contributed by atoms with E-state index in [4.69, 9.17) is 5.11 Å². The Bertz CT molecular complexity index is 556. The van der Waals surface area contributed by atoms with Crippen molar-refractivity contribution in [3.63, 3.8) is 0 Å². The van der Waals surface area contributed by atoms with Crippen LogP contribution in [0.1, 0.15) is 11.7 Å². The average molecular weight is 282 g/mol. The van der Waals surface area contributed by atoms with Crippen LogP contribution in [-0.2, 0) is 4.79 Å². The molecule has 82 valence electrons. The quantitative estimate of drug-likeness (QED) is 0.885. The molecule has 0 aliphatic carbocycles. The lowest BCUT2D eigenvalue weighted by Crippen LogP contribution is -2.11. The Labute approximate surface area is 99.7 Å². The fourth-order valence-electron chi connectivity index (χ4n) is 1.55. The number of aromatic nitrogens is 1. The lowest BCUT2D eigenvalue weighted by atomic mass is 10.0. The van der Waals surface area contributed by atoms with Gasteiger partial charge in [-0.1, -0.05) is 22.0 Å². The summed E-state index contributed by atoms with van der Waals surface area (Å²) in [5.41, 5.74) is 0.985. The summed E-state index contributed by atoms with van der Waals surface area (Å²) in [6.07, 6.45) is 0.0648. The molecular formula is C11H8BrNO3. The first kappa shape index (κ1) is 11.0. The maximum absolute atomic E-state index is 10.8. The van der Waals surface area contributed by atoms with Crippen molar-refractivity contribution >= 4 is 32.8 Å². The standard InChI is InChI=1S/C11H8BrNO3/c12-7-3-4-8-6(2-1-5-13-8)9(7)10(14)11(15)16/h1-5,10,14H,(H,15,16). The van der Waals surface area contributed by atoms with Gasteiger partial charge in [0.1, 0.15) is 0 Å². The number of hydrogen-bond acceptors (Lipinski definition) is 3. The van der Waals surface area contributed by atoms with E-state index < -0.39 is 12.1 Å². The molecule has 0 bridgehead atoms. The first-order chi connectivity index (χ1) is 7.61. The summed E-state index contributed by atoms with van der Waals surface area (Å²) < 4.78 is 0.558. The Morgan fingerprint density at radius 3 is 2.81 bits per heavy atom. The third kappa shape index (κ3) is 1.79. The van der Waals surface area contributed by atoms with Crippen molar-refractivity contribution in [2.45, 2.75) is 6.10 Å². The Morgan fingerprint density at radius 2 is 2.12 bits per heavy atom. The van der Waals surface area contributed by atoms with Crippen LogP contribution in [0.2, 0.25) is 0 Å². The molecular weight excluding hydrogens is 274 g/mol. The van der Waals surface area contributed by atoms with E-state index in [9.17, 15) is 9.90 Å². The Hall–Kier alpha value is -1.46. The Morgan fingerprint density at radius 1 is 1.38 bits per heavy atom. The minimum absolute atomic E-state index is 0.332. The number of nitrogens with zero attached hydrogens (tertiary/aromatic N) is 1. The highest BCUT2D eigenvalue weighted by Gasteiger charge is 2.21. The van der Waals surface area contributed by atoms with Crippen molar-refractivity contribution in [3.8, 4) is 0 Å². The first-order valence-electron chi connectivity index (χ1n) is 4.55. The Balaban J connectivity index is 2.75. The molecule has 0 spiro atoms. The highest BCUT2D eigenvalue weighted by Crippen LogP contribution is 2.30. The lowest BCUT2D eigenvalue weighted by Gasteiger charge is -2.11. The van der Waals surface area contributed by atoms with Crippen LogP contribution in [0.4, 0.5) is 0 Å². The van der Waals surface area contributed by atoms with Crippen LogP contribution < -0.4 is 0 Å². The molecule has 2 aromatic rings. The third-order valence-electron chi connectivity index (χ3n) is 2.28. The zero-order valence-corrected chi connectivity index (χ0v) is 9.68. The number of pyridine rings is 1. The molecule has 1 aromatic carbocycles. The summed E-state index contributed by atoms with van der Waals surface area (Å²) in [5.74, 6) is -1.28. The molecule has 4 nitrogen and oxygen atoms in total. The monoisotopic (exact) mass is 281 g/mol. The third-order valence-corrected chi connectivity index (χ3v) is 2.97. The van der Waals surface area contributed by atoms with Crippen LogP contribution in [0.5, 0.6) is 0 Å². The second-order valence-corrected chi connectivity index (χ2v) is 4.13. The predicted octanol–water partition coefficient (Wildman–Crippen LogP) is 2.12. The van der Waals surface area contributed by atoms with Crippen molar-refractivity contribution in [1.29, 1.82) is 0 Å². The zero-order valence-electron chi connectivity index (χ0n) is 8.09. The van der Waals surface area contributed by atoms with Gasteiger partial charge in [0, 0.05) is 21.6 Å². The maximum atomic E-state index is 10.8. The minimum Gasteiger partial charge on any atom is -0.479 e. The van der Waals surface area contributed by atoms with Gasteiger partial charge in [0.2, 0.25) is 0 Å². The van der Waals surface area contributed by atoms with Crippen LogP contribution in [0.25, 0.3) is 10.9 Å². The fraction of sp³-hybridized carbons (Fsp3) is 0.0909. The summed E-state index contributed by atoms with van der Waals surface area (Å²) in [5, 5.41) is 19.1. The van der Waals surface area contributed by atoms with Gasteiger partial charge in [0.25, 0.3) is 0 Å². The molecule has 2 N–H and O–H groups in total. The summed E-state index contributed by atoms with van der Waals surface area (Å²) in [4.78, 5) is 14.9. The number of aliphatic hydroxyl groups is 1. The number of hydrogen-bond donors (Lipinski definition) is 2. The minimum atomic E-state index is -1.55. The van der Waals surface area contributed by atoms with E-state index in [1.165, 1.54) is 0 Å². The summed E-state index contributed by atoms with van der Waals surface area (Å²) in [6, 6.07) is 6.87. The topological polar surface area (TPSA) is 70.4 Å². The van der Waals surface area contributed by atoms with Gasteiger partial charge in [-0.05, 0) is 18.2 Å². The summed E-state index contributed by atoms with van der Waals surface area (Å²) >= 11 is 3.24. The van der Waals surface area contributed by atoms with Gasteiger partial charge in [-0.25, -0.2) is 4.79 Å². The molecule has 1 atom stereocenters. The smallest absolute Gasteiger partial charge is 0.337 e. The highest BCUT2D eigenvalue weighted by atomic mass is 79.9. The second-order valence-electron chi connectivity index (χ2n) is 3.27. The molecule has 0 saturated carbocycles. The van der Waals surface area contributed by atoms with E-state index in [0.717, 1.165) is 0 Å². The summed E-state index contributed by atoms with van der Waals surface area (Å²) in [6.45, 7) is 0. The number of carbonyl (C=O) groups is 1. The normalized spacial score (nSPS) is 12.6. The maximum Gasteiger partial charge on any atom is 0.337 e. The first-order valence-corrected chi connectivity index (χ1v) is 5.34. The van der Waals surface area contributed by atoms with Crippen LogP contribution in [0, 0.1) is 0 Å². The van der Waals surface area contributed by atoms with E-state index in [1.54, 1.807) is 30.5 Å². The van der Waals surface area contributed by atoms with Crippen molar-refractivity contribution in [1.82, 2.24) is 4.98 Å². The molecule has 5 heteroatoms. The molecule has 0 saturated heterocycles. The van der Waals surface area contributed by atoms with Crippen molar-refractivity contribution in [3.05, 3.63) is 40.5 Å². The number of aliphatic hydroxyl groups excluding tert-OH is 1. The molecule has 1 aromatic heterocycles. The SMILES string of the molecule is O=C(O)C(O)c1c(Br)ccc2ncccc12. The number of rotatable bonds is 2. The molecule has 0 amide bonds. The van der Waals surface area contributed by atoms with E-state index in [2.05, 4.69) is 20.9 Å². The van der Waals surface area contributed by atoms with Crippen LogP contribution in [-0.4, -0.2) is 21.2 Å². The summed E-state index contributed by atoms with van der Waals surface area (Å²) in [7, 11) is 0. The van der Waals surface area contributed by atoms with E-state index >= 15 is 0 Å². The van der Waals surface area contributed by atoms with Gasteiger partial charge in [-0.2, -0.15) is 0 Å². The van der Waals surface area contributed by atoms with Gasteiger partial charge in [-0.15, -0.1) is 0 Å². The highest BCUT2D eigenvalue weighted by molar-refractivity contribution is 9.10.